The molecule has 2 aromatic rings. The number of aliphatic hydroxyl groups is 1. The highest BCUT2D eigenvalue weighted by Crippen LogP contribution is 2.21. The molecule has 1 aliphatic heterocycles. The molecule has 2 atom stereocenters. The van der Waals surface area contributed by atoms with E-state index in [1.807, 2.05) is 35.2 Å². The van der Waals surface area contributed by atoms with E-state index >= 15 is 0 Å². The first-order valence-electron chi connectivity index (χ1n) is 10.1. The molecule has 2 aromatic carbocycles. The Morgan fingerprint density at radius 3 is 2.23 bits per heavy atom. The van der Waals surface area contributed by atoms with E-state index in [9.17, 15) is 24.8 Å². The smallest absolute Gasteiger partial charge is 0.269 e. The molecule has 2 unspecified atom stereocenters. The van der Waals surface area contributed by atoms with Crippen LogP contribution in [0.3, 0.4) is 0 Å². The fourth-order valence-electron chi connectivity index (χ4n) is 3.57. The summed E-state index contributed by atoms with van der Waals surface area (Å²) in [4.78, 5) is 39.4. The lowest BCUT2D eigenvalue weighted by molar-refractivity contribution is -0.384. The van der Waals surface area contributed by atoms with Crippen molar-refractivity contribution in [2.45, 2.75) is 18.9 Å². The topological polar surface area (TPSA) is 116 Å². The number of hydrogen-bond acceptors (Lipinski definition) is 6. The van der Waals surface area contributed by atoms with Gasteiger partial charge >= 0.3 is 0 Å². The van der Waals surface area contributed by atoms with Gasteiger partial charge in [0.2, 0.25) is 11.8 Å². The summed E-state index contributed by atoms with van der Waals surface area (Å²) < 4.78 is 0. The van der Waals surface area contributed by atoms with Crippen LogP contribution in [0.1, 0.15) is 18.4 Å². The van der Waals surface area contributed by atoms with Gasteiger partial charge in [0.25, 0.3) is 5.69 Å². The van der Waals surface area contributed by atoms with E-state index in [1.165, 1.54) is 12.1 Å². The molecule has 0 bridgehead atoms. The Kier molecular flexibility index (Phi) is 7.19. The van der Waals surface area contributed by atoms with E-state index in [-0.39, 0.29) is 17.5 Å². The normalized spacial score (nSPS) is 15.8. The average Bonchev–Trinajstić information content (AvgIpc) is 2.82. The predicted molar refractivity (Wildman–Crippen MR) is 116 cm³/mol. The number of piperazine rings is 1. The maximum atomic E-state index is 12.8. The maximum Gasteiger partial charge on any atom is 0.269 e. The SMILES string of the molecule is CC(C(=O)NC(CO)C(=O)N1CCN(c2ccc([N+](=O)[O-])cc2)CC1)c1ccccc1. The number of amides is 2. The Balaban J connectivity index is 1.55. The van der Waals surface area contributed by atoms with Crippen molar-refractivity contribution in [1.82, 2.24) is 10.2 Å². The second-order valence-corrected chi connectivity index (χ2v) is 7.46. The molecule has 9 heteroatoms. The number of rotatable bonds is 7. The highest BCUT2D eigenvalue weighted by atomic mass is 16.6. The van der Waals surface area contributed by atoms with Crippen LogP contribution in [0.2, 0.25) is 0 Å². The molecular weight excluding hydrogens is 400 g/mol. The molecule has 9 nitrogen and oxygen atoms in total. The summed E-state index contributed by atoms with van der Waals surface area (Å²) in [6.07, 6.45) is 0. The molecule has 1 saturated heterocycles. The molecule has 31 heavy (non-hydrogen) atoms. The first kappa shape index (κ1) is 22.2. The molecule has 0 radical (unpaired) electrons. The molecule has 164 valence electrons. The van der Waals surface area contributed by atoms with Gasteiger partial charge in [-0.2, -0.15) is 0 Å². The first-order chi connectivity index (χ1) is 14.9. The number of carbonyl (C=O) groups is 2. The summed E-state index contributed by atoms with van der Waals surface area (Å²) in [6.45, 7) is 3.24. The zero-order valence-corrected chi connectivity index (χ0v) is 17.3. The molecule has 0 aromatic heterocycles. The largest absolute Gasteiger partial charge is 0.394 e. The van der Waals surface area contributed by atoms with E-state index in [0.29, 0.717) is 26.2 Å². The number of anilines is 1. The van der Waals surface area contributed by atoms with E-state index in [1.54, 1.807) is 24.0 Å². The minimum absolute atomic E-state index is 0.0313. The third-order valence-electron chi connectivity index (χ3n) is 5.51. The van der Waals surface area contributed by atoms with Gasteiger partial charge in [-0.05, 0) is 24.6 Å². The molecule has 0 aliphatic carbocycles. The lowest BCUT2D eigenvalue weighted by Crippen LogP contribution is -2.56. The monoisotopic (exact) mass is 426 g/mol. The van der Waals surface area contributed by atoms with Crippen LogP contribution in [0.25, 0.3) is 0 Å². The van der Waals surface area contributed by atoms with Crippen LogP contribution in [-0.2, 0) is 9.59 Å². The third kappa shape index (κ3) is 5.37. The fraction of sp³-hybridized carbons (Fsp3) is 0.364. The number of carbonyl (C=O) groups excluding carboxylic acids is 2. The molecule has 0 saturated carbocycles. The highest BCUT2D eigenvalue weighted by molar-refractivity contribution is 5.90. The first-order valence-corrected chi connectivity index (χ1v) is 10.1. The van der Waals surface area contributed by atoms with Crippen molar-refractivity contribution in [1.29, 1.82) is 0 Å². The van der Waals surface area contributed by atoms with Gasteiger partial charge in [-0.25, -0.2) is 0 Å². The molecule has 3 rings (SSSR count). The van der Waals surface area contributed by atoms with Crippen molar-refractivity contribution in [2.75, 3.05) is 37.7 Å². The van der Waals surface area contributed by atoms with E-state index in [2.05, 4.69) is 5.32 Å². The summed E-state index contributed by atoms with van der Waals surface area (Å²) >= 11 is 0. The van der Waals surface area contributed by atoms with Crippen LogP contribution >= 0.6 is 0 Å². The predicted octanol–water partition coefficient (Wildman–Crippen LogP) is 1.52. The summed E-state index contributed by atoms with van der Waals surface area (Å²) in [6, 6.07) is 14.5. The Hall–Kier alpha value is -3.46. The van der Waals surface area contributed by atoms with Crippen LogP contribution < -0.4 is 10.2 Å². The van der Waals surface area contributed by atoms with Crippen LogP contribution in [-0.4, -0.2) is 65.6 Å². The van der Waals surface area contributed by atoms with Crippen molar-refractivity contribution < 1.29 is 19.6 Å². The maximum absolute atomic E-state index is 12.8. The van der Waals surface area contributed by atoms with Gasteiger partial charge in [-0.1, -0.05) is 30.3 Å². The second kappa shape index (κ2) is 10.0. The molecule has 2 N–H and O–H groups in total. The van der Waals surface area contributed by atoms with E-state index < -0.39 is 23.5 Å². The number of nitro benzene ring substituents is 1. The Labute approximate surface area is 180 Å². The third-order valence-corrected chi connectivity index (χ3v) is 5.51. The van der Waals surface area contributed by atoms with Crippen LogP contribution in [0, 0.1) is 10.1 Å². The van der Waals surface area contributed by atoms with Gasteiger partial charge in [-0.3, -0.25) is 19.7 Å². The van der Waals surface area contributed by atoms with Crippen molar-refractivity contribution in [3.05, 3.63) is 70.3 Å². The number of nitrogens with zero attached hydrogens (tertiary/aromatic N) is 3. The zero-order valence-electron chi connectivity index (χ0n) is 17.3. The minimum Gasteiger partial charge on any atom is -0.394 e. The lowest BCUT2D eigenvalue weighted by Gasteiger charge is -2.37. The van der Waals surface area contributed by atoms with Crippen molar-refractivity contribution in [3.63, 3.8) is 0 Å². The van der Waals surface area contributed by atoms with Gasteiger partial charge in [0.1, 0.15) is 6.04 Å². The van der Waals surface area contributed by atoms with Gasteiger partial charge in [-0.15, -0.1) is 0 Å². The van der Waals surface area contributed by atoms with E-state index in [4.69, 9.17) is 0 Å². The number of non-ortho nitro benzene ring substituents is 1. The summed E-state index contributed by atoms with van der Waals surface area (Å²) in [5.74, 6) is -1.08. The van der Waals surface area contributed by atoms with Crippen molar-refractivity contribution >= 4 is 23.2 Å². The average molecular weight is 426 g/mol. The summed E-state index contributed by atoms with van der Waals surface area (Å²) in [5.41, 5.74) is 1.71. The number of nitro groups is 1. The highest BCUT2D eigenvalue weighted by Gasteiger charge is 2.29. The zero-order chi connectivity index (χ0) is 22.4. The van der Waals surface area contributed by atoms with Crippen molar-refractivity contribution in [3.8, 4) is 0 Å². The van der Waals surface area contributed by atoms with Gasteiger partial charge in [0.05, 0.1) is 17.4 Å². The van der Waals surface area contributed by atoms with Crippen LogP contribution in [0.15, 0.2) is 54.6 Å². The number of hydrogen-bond donors (Lipinski definition) is 2. The Morgan fingerprint density at radius 2 is 1.68 bits per heavy atom. The number of benzene rings is 2. The standard InChI is InChI=1S/C22H26N4O5/c1-16(17-5-3-2-4-6-17)21(28)23-20(15-27)22(29)25-13-11-24(12-14-25)18-7-9-19(10-8-18)26(30)31/h2-10,16,20,27H,11-15H2,1H3,(H,23,28). The molecular formula is C22H26N4O5. The number of aliphatic hydroxyl groups excluding tert-OH is 1. The second-order valence-electron chi connectivity index (χ2n) is 7.46. The molecule has 1 aliphatic rings. The quantitative estimate of drug-likeness (QED) is 0.512. The molecule has 1 fully saturated rings. The fourth-order valence-corrected chi connectivity index (χ4v) is 3.57. The van der Waals surface area contributed by atoms with Crippen LogP contribution in [0.5, 0.6) is 0 Å². The summed E-state index contributed by atoms with van der Waals surface area (Å²) in [7, 11) is 0. The minimum atomic E-state index is -0.996. The molecule has 2 amide bonds. The van der Waals surface area contributed by atoms with E-state index in [0.717, 1.165) is 11.3 Å². The lowest BCUT2D eigenvalue weighted by atomic mass is 10.00. The van der Waals surface area contributed by atoms with Crippen LogP contribution in [0.4, 0.5) is 11.4 Å². The van der Waals surface area contributed by atoms with Gasteiger partial charge in [0.15, 0.2) is 0 Å². The Bertz CT molecular complexity index is 911. The molecule has 1 heterocycles. The van der Waals surface area contributed by atoms with Gasteiger partial charge < -0.3 is 20.2 Å². The summed E-state index contributed by atoms with van der Waals surface area (Å²) in [5, 5.41) is 23.2. The van der Waals surface area contributed by atoms with Gasteiger partial charge in [0, 0.05) is 44.0 Å². The molecule has 0 spiro atoms. The number of nitrogens with one attached hydrogen (secondary N) is 1. The van der Waals surface area contributed by atoms with Crippen molar-refractivity contribution in [2.24, 2.45) is 0 Å². The Morgan fingerprint density at radius 1 is 1.06 bits per heavy atom.